The third kappa shape index (κ3) is 6.29. The quantitative estimate of drug-likeness (QED) is 0.593. The smallest absolute Gasteiger partial charge is 0.408 e. The summed E-state index contributed by atoms with van der Waals surface area (Å²) in [7, 11) is -3.78. The van der Waals surface area contributed by atoms with Crippen LogP contribution in [0.25, 0.3) is 0 Å². The number of sulfonamides is 1. The minimum atomic E-state index is -3.78. The van der Waals surface area contributed by atoms with Gasteiger partial charge in [-0.15, -0.1) is 11.8 Å². The van der Waals surface area contributed by atoms with Crippen LogP contribution in [0.15, 0.2) is 58.3 Å². The van der Waals surface area contributed by atoms with E-state index in [2.05, 4.69) is 5.32 Å². The van der Waals surface area contributed by atoms with E-state index in [9.17, 15) is 18.3 Å². The average molecular weight is 493 g/mol. The molecule has 2 N–H and O–H groups in total. The Labute approximate surface area is 200 Å². The first-order valence-corrected chi connectivity index (χ1v) is 13.5. The lowest BCUT2D eigenvalue weighted by Crippen LogP contribution is -2.41. The lowest BCUT2D eigenvalue weighted by Gasteiger charge is -2.29. The van der Waals surface area contributed by atoms with Gasteiger partial charge in [0.2, 0.25) is 10.0 Å². The second kappa shape index (κ2) is 10.0. The maximum absolute atomic E-state index is 13.2. The minimum absolute atomic E-state index is 0.0454. The van der Waals surface area contributed by atoms with Crippen molar-refractivity contribution in [3.8, 4) is 0 Å². The van der Waals surface area contributed by atoms with E-state index in [0.29, 0.717) is 0 Å². The van der Waals surface area contributed by atoms with Crippen LogP contribution in [-0.4, -0.2) is 55.0 Å². The number of hydrogen-bond donors (Lipinski definition) is 2. The Hall–Kier alpha value is -2.07. The number of ether oxygens (including phenoxy) is 1. The summed E-state index contributed by atoms with van der Waals surface area (Å²) in [6.07, 6.45) is 0.402. The fraction of sp³-hybridized carbons (Fsp3) is 0.458. The predicted octanol–water partition coefficient (Wildman–Crippen LogP) is 3.96. The summed E-state index contributed by atoms with van der Waals surface area (Å²) in [6.45, 7) is 7.24. The molecule has 1 unspecified atom stereocenters. The largest absolute Gasteiger partial charge is 0.444 e. The number of β-amino-alcohol motifs (C(OH)–C–C–N with tert-alkyl or cyclic N) is 1. The fourth-order valence-corrected chi connectivity index (χ4v) is 5.75. The fourth-order valence-electron chi connectivity index (χ4n) is 3.84. The second-order valence-corrected chi connectivity index (χ2v) is 12.1. The van der Waals surface area contributed by atoms with E-state index in [-0.39, 0.29) is 18.0 Å². The first-order valence-electron chi connectivity index (χ1n) is 10.8. The van der Waals surface area contributed by atoms with Gasteiger partial charge in [0, 0.05) is 23.9 Å². The molecule has 1 amide bonds. The molecular weight excluding hydrogens is 460 g/mol. The number of carbonyl (C=O) groups is 1. The van der Waals surface area contributed by atoms with Crippen LogP contribution < -0.4 is 5.32 Å². The molecule has 0 spiro atoms. The van der Waals surface area contributed by atoms with Crippen LogP contribution in [-0.2, 0) is 14.8 Å². The van der Waals surface area contributed by atoms with Crippen molar-refractivity contribution in [3.05, 3.63) is 59.7 Å². The Morgan fingerprint density at radius 2 is 1.73 bits per heavy atom. The molecule has 1 fully saturated rings. The van der Waals surface area contributed by atoms with Crippen molar-refractivity contribution in [1.29, 1.82) is 0 Å². The Kier molecular flexibility index (Phi) is 7.78. The molecule has 3 atom stereocenters. The number of rotatable bonds is 6. The van der Waals surface area contributed by atoms with E-state index < -0.39 is 39.8 Å². The van der Waals surface area contributed by atoms with Crippen LogP contribution in [0.1, 0.15) is 37.9 Å². The second-order valence-electron chi connectivity index (χ2n) is 9.26. The van der Waals surface area contributed by atoms with Gasteiger partial charge >= 0.3 is 6.09 Å². The highest BCUT2D eigenvalue weighted by atomic mass is 32.2. The molecule has 1 heterocycles. The van der Waals surface area contributed by atoms with Crippen molar-refractivity contribution < 1.29 is 23.1 Å². The van der Waals surface area contributed by atoms with E-state index in [1.165, 1.54) is 4.31 Å². The van der Waals surface area contributed by atoms with Crippen molar-refractivity contribution in [3.63, 3.8) is 0 Å². The Morgan fingerprint density at radius 1 is 1.12 bits per heavy atom. The molecular formula is C24H32N2O5S2. The summed E-state index contributed by atoms with van der Waals surface area (Å²) in [6, 6.07) is 13.7. The van der Waals surface area contributed by atoms with Gasteiger partial charge in [-0.3, -0.25) is 0 Å². The number of amides is 1. The van der Waals surface area contributed by atoms with Crippen LogP contribution in [0.2, 0.25) is 0 Å². The van der Waals surface area contributed by atoms with E-state index in [4.69, 9.17) is 4.74 Å². The summed E-state index contributed by atoms with van der Waals surface area (Å²) >= 11 is 1.60. The summed E-state index contributed by atoms with van der Waals surface area (Å²) in [5, 5.41) is 13.8. The maximum atomic E-state index is 13.2. The van der Waals surface area contributed by atoms with Crippen molar-refractivity contribution in [2.45, 2.75) is 55.2 Å². The summed E-state index contributed by atoms with van der Waals surface area (Å²) < 4.78 is 33.1. The molecule has 33 heavy (non-hydrogen) atoms. The van der Waals surface area contributed by atoms with Crippen LogP contribution in [0.5, 0.6) is 0 Å². The van der Waals surface area contributed by atoms with Gasteiger partial charge in [-0.25, -0.2) is 13.2 Å². The normalized spacial score (nSPS) is 20.4. The first kappa shape index (κ1) is 25.6. The van der Waals surface area contributed by atoms with Crippen LogP contribution in [0.4, 0.5) is 4.79 Å². The van der Waals surface area contributed by atoms with E-state index in [0.717, 1.165) is 16.0 Å². The number of thioether (sulfide) groups is 1. The molecule has 3 rings (SSSR count). The Bertz CT molecular complexity index is 1060. The maximum Gasteiger partial charge on any atom is 0.408 e. The number of alkyl carbamates (subject to hydrolysis) is 1. The Morgan fingerprint density at radius 3 is 2.27 bits per heavy atom. The zero-order valence-corrected chi connectivity index (χ0v) is 21.2. The summed E-state index contributed by atoms with van der Waals surface area (Å²) in [5.74, 6) is -0.544. The molecule has 0 aromatic heterocycles. The van der Waals surface area contributed by atoms with Crippen LogP contribution in [0, 0.1) is 12.8 Å². The first-order chi connectivity index (χ1) is 15.4. The highest BCUT2D eigenvalue weighted by Gasteiger charge is 2.43. The number of aliphatic hydroxyl groups excluding tert-OH is 1. The van der Waals surface area contributed by atoms with E-state index >= 15 is 0 Å². The summed E-state index contributed by atoms with van der Waals surface area (Å²) in [5.41, 5.74) is 1.05. The molecule has 9 heteroatoms. The van der Waals surface area contributed by atoms with Gasteiger partial charge in [-0.1, -0.05) is 29.8 Å². The molecule has 180 valence electrons. The number of aryl methyl sites for hydroxylation is 1. The number of nitrogens with zero attached hydrogens (tertiary/aromatic N) is 1. The number of nitrogens with one attached hydrogen (secondary N) is 1. The molecule has 1 saturated heterocycles. The molecule has 1 aliphatic rings. The highest BCUT2D eigenvalue weighted by Crippen LogP contribution is 2.34. The van der Waals surface area contributed by atoms with Crippen LogP contribution in [0.3, 0.4) is 0 Å². The lowest BCUT2D eigenvalue weighted by molar-refractivity contribution is 0.0451. The molecule has 0 saturated carbocycles. The zero-order valence-electron chi connectivity index (χ0n) is 19.6. The third-order valence-electron chi connectivity index (χ3n) is 5.53. The molecule has 0 radical (unpaired) electrons. The van der Waals surface area contributed by atoms with Crippen molar-refractivity contribution in [2.24, 2.45) is 5.92 Å². The highest BCUT2D eigenvalue weighted by molar-refractivity contribution is 7.98. The van der Waals surface area contributed by atoms with Gasteiger partial charge in [0.15, 0.2) is 0 Å². The van der Waals surface area contributed by atoms with Gasteiger partial charge in [-0.05, 0) is 63.8 Å². The van der Waals surface area contributed by atoms with Gasteiger partial charge < -0.3 is 15.2 Å². The minimum Gasteiger partial charge on any atom is -0.444 e. The average Bonchev–Trinajstić information content (AvgIpc) is 3.13. The van der Waals surface area contributed by atoms with Crippen molar-refractivity contribution in [2.75, 3.05) is 19.3 Å². The van der Waals surface area contributed by atoms with Gasteiger partial charge in [0.05, 0.1) is 17.0 Å². The van der Waals surface area contributed by atoms with E-state index in [1.54, 1.807) is 56.8 Å². The number of aliphatic hydroxyl groups is 1. The Balaban J connectivity index is 1.89. The predicted molar refractivity (Wildman–Crippen MR) is 130 cm³/mol. The van der Waals surface area contributed by atoms with Crippen molar-refractivity contribution in [1.82, 2.24) is 9.62 Å². The number of carbonyl (C=O) groups excluding carboxylic acids is 1. The molecule has 2 aromatic rings. The third-order valence-corrected chi connectivity index (χ3v) is 8.12. The zero-order chi connectivity index (χ0) is 24.4. The standard InChI is InChI=1S/C24H32N2O5S2/c1-16-6-12-19(13-7-16)33(29,30)26-14-20(21(27)15-26)22(25-23(28)31-24(2,3)4)17-8-10-18(32-5)11-9-17/h6-13,20-22,27H,14-15H2,1-5H3,(H,25,28)/t20-,21-,22?/m1/s1. The SMILES string of the molecule is CSc1ccc(C(NC(=O)OC(C)(C)C)[C@@H]2CN(S(=O)(=O)c3ccc(C)cc3)C[C@H]2O)cc1. The van der Waals surface area contributed by atoms with Gasteiger partial charge in [0.25, 0.3) is 0 Å². The monoisotopic (exact) mass is 492 g/mol. The molecule has 1 aliphatic heterocycles. The van der Waals surface area contributed by atoms with Crippen LogP contribution >= 0.6 is 11.8 Å². The summed E-state index contributed by atoms with van der Waals surface area (Å²) in [4.78, 5) is 13.9. The molecule has 0 aliphatic carbocycles. The molecule has 2 aromatic carbocycles. The van der Waals surface area contributed by atoms with Gasteiger partial charge in [-0.2, -0.15) is 4.31 Å². The van der Waals surface area contributed by atoms with Gasteiger partial charge in [0.1, 0.15) is 5.60 Å². The number of benzene rings is 2. The topological polar surface area (TPSA) is 95.9 Å². The number of hydrogen-bond acceptors (Lipinski definition) is 6. The van der Waals surface area contributed by atoms with Crippen molar-refractivity contribution >= 4 is 27.9 Å². The van der Waals surface area contributed by atoms with E-state index in [1.807, 2.05) is 37.4 Å². The molecule has 0 bridgehead atoms. The molecule has 7 nitrogen and oxygen atoms in total. The lowest BCUT2D eigenvalue weighted by atomic mass is 9.90.